The summed E-state index contributed by atoms with van der Waals surface area (Å²) in [6.07, 6.45) is 6.28. The summed E-state index contributed by atoms with van der Waals surface area (Å²) in [5.74, 6) is -4.35. The van der Waals surface area contributed by atoms with Crippen LogP contribution in [0.25, 0.3) is 0 Å². The van der Waals surface area contributed by atoms with Crippen molar-refractivity contribution in [1.82, 2.24) is 26.6 Å². The first kappa shape index (κ1) is 43.6. The zero-order valence-corrected chi connectivity index (χ0v) is 31.7. The Morgan fingerprint density at radius 1 is 0.863 bits per heavy atom. The van der Waals surface area contributed by atoms with Gasteiger partial charge in [0, 0.05) is 9.99 Å². The number of halogens is 1. The summed E-state index contributed by atoms with van der Waals surface area (Å²) in [7, 11) is 0. The Bertz CT molecular complexity index is 1360. The number of amides is 5. The predicted molar refractivity (Wildman–Crippen MR) is 202 cm³/mol. The molecule has 12 N–H and O–H groups in total. The second-order valence-electron chi connectivity index (χ2n) is 13.2. The van der Waals surface area contributed by atoms with E-state index in [9.17, 15) is 33.9 Å². The van der Waals surface area contributed by atoms with Crippen LogP contribution in [0.4, 0.5) is 0 Å². The predicted octanol–water partition coefficient (Wildman–Crippen LogP) is 0.324. The fraction of sp³-hybridized carbons (Fsp3) is 0.600. The lowest BCUT2D eigenvalue weighted by atomic mass is 10.0. The molecule has 16 heteroatoms. The number of rotatable bonds is 17. The maximum absolute atomic E-state index is 13.9. The number of hydrogen-bond acceptors (Lipinski definition) is 9. The first-order valence-electron chi connectivity index (χ1n) is 17.5. The minimum Gasteiger partial charge on any atom is -0.480 e. The molecule has 2 rings (SSSR count). The van der Waals surface area contributed by atoms with Gasteiger partial charge in [-0.15, -0.1) is 0 Å². The van der Waals surface area contributed by atoms with Crippen LogP contribution in [0.2, 0.25) is 0 Å². The molecule has 0 saturated heterocycles. The van der Waals surface area contributed by atoms with E-state index in [0.717, 1.165) is 9.13 Å². The summed E-state index contributed by atoms with van der Waals surface area (Å²) in [4.78, 5) is 79.7. The van der Waals surface area contributed by atoms with Crippen LogP contribution >= 0.6 is 22.6 Å². The molecule has 15 nitrogen and oxygen atoms in total. The third-order valence-corrected chi connectivity index (χ3v) is 9.01. The molecule has 0 saturated carbocycles. The fourth-order valence-electron chi connectivity index (χ4n) is 5.51. The van der Waals surface area contributed by atoms with E-state index in [4.69, 9.17) is 17.2 Å². The standard InChI is InChI=1S/C35H55IN8O7/c1-21(2)18-29(35(50)51)44-34(49)28(20-22-10-9-11-23(36)19-22)43-33(48)26-13-4-3-12-24(39)30(45)40-25(14-5-7-16-37)31(46)42-27(32(47)41-26)15-6-8-17-38/h3-4,9-11,19,21,24-29H,5-8,12-18,20,37-39H2,1-2H3,(H,40,45)(H,41,47)(H,42,46)(H,43,48)(H,44,49)(H,50,51)/b4-3+/t24-,25-,26-,27-,28-,29-/m0/s1. The van der Waals surface area contributed by atoms with Crippen LogP contribution in [0.15, 0.2) is 36.4 Å². The number of hydrogen-bond donors (Lipinski definition) is 9. The second-order valence-corrected chi connectivity index (χ2v) is 14.5. The lowest BCUT2D eigenvalue weighted by Gasteiger charge is -2.27. The smallest absolute Gasteiger partial charge is 0.326 e. The molecule has 0 fully saturated rings. The van der Waals surface area contributed by atoms with Gasteiger partial charge in [0.2, 0.25) is 29.5 Å². The SMILES string of the molecule is CC(C)C[C@H](NC(=O)[C@H](Cc1cccc(I)c1)NC(=O)[C@@H]1C/C=C/C[C@H](N)C(=O)N[C@@H](CCCCN)C(=O)N[C@@H](CCCCN)C(=O)N1)C(=O)O. The van der Waals surface area contributed by atoms with Gasteiger partial charge in [-0.05, 0) is 117 Å². The number of nitrogens with two attached hydrogens (primary N) is 3. The summed E-state index contributed by atoms with van der Waals surface area (Å²) < 4.78 is 0.901. The van der Waals surface area contributed by atoms with Crippen LogP contribution in [-0.2, 0) is 35.2 Å². The average Bonchev–Trinajstić information content (AvgIpc) is 3.07. The van der Waals surface area contributed by atoms with Crippen molar-refractivity contribution in [3.05, 3.63) is 45.6 Å². The molecule has 0 aliphatic carbocycles. The van der Waals surface area contributed by atoms with Crippen molar-refractivity contribution in [2.45, 2.75) is 114 Å². The van der Waals surface area contributed by atoms with Crippen molar-refractivity contribution in [3.8, 4) is 0 Å². The minimum absolute atomic E-state index is 0.0273. The maximum Gasteiger partial charge on any atom is 0.326 e. The molecule has 0 radical (unpaired) electrons. The number of benzene rings is 1. The number of unbranched alkanes of at least 4 members (excludes halogenated alkanes) is 2. The quantitative estimate of drug-likeness (QED) is 0.0591. The summed E-state index contributed by atoms with van der Waals surface area (Å²) in [6.45, 7) is 4.46. The first-order valence-corrected chi connectivity index (χ1v) is 18.6. The van der Waals surface area contributed by atoms with E-state index in [2.05, 4.69) is 49.2 Å². The highest BCUT2D eigenvalue weighted by Gasteiger charge is 2.33. The number of carboxylic acids is 1. The number of nitrogens with one attached hydrogen (secondary N) is 5. The molecule has 51 heavy (non-hydrogen) atoms. The van der Waals surface area contributed by atoms with Gasteiger partial charge in [-0.2, -0.15) is 0 Å². The Labute approximate surface area is 313 Å². The Kier molecular flexibility index (Phi) is 19.7. The summed E-state index contributed by atoms with van der Waals surface area (Å²) in [5.41, 5.74) is 18.2. The Morgan fingerprint density at radius 2 is 1.45 bits per heavy atom. The van der Waals surface area contributed by atoms with Crippen molar-refractivity contribution >= 4 is 58.1 Å². The third-order valence-electron chi connectivity index (χ3n) is 8.34. The largest absolute Gasteiger partial charge is 0.480 e. The number of aliphatic carboxylic acids is 1. The normalized spacial score (nSPS) is 22.1. The van der Waals surface area contributed by atoms with E-state index in [-0.39, 0.29) is 44.4 Å². The van der Waals surface area contributed by atoms with Gasteiger partial charge in [-0.3, -0.25) is 24.0 Å². The Hall–Kier alpha value is -3.61. The zero-order valence-electron chi connectivity index (χ0n) is 29.5. The maximum atomic E-state index is 13.9. The topological polar surface area (TPSA) is 261 Å². The molecule has 1 aromatic rings. The third kappa shape index (κ3) is 16.1. The van der Waals surface area contributed by atoms with Gasteiger partial charge in [0.05, 0.1) is 6.04 Å². The van der Waals surface area contributed by atoms with Crippen LogP contribution in [0.5, 0.6) is 0 Å². The van der Waals surface area contributed by atoms with E-state index in [1.54, 1.807) is 18.2 Å². The van der Waals surface area contributed by atoms with E-state index in [1.807, 2.05) is 32.0 Å². The molecule has 0 bridgehead atoms. The average molecular weight is 827 g/mol. The molecule has 284 valence electrons. The first-order chi connectivity index (χ1) is 24.2. The molecule has 1 aliphatic heterocycles. The highest BCUT2D eigenvalue weighted by Crippen LogP contribution is 2.13. The van der Waals surface area contributed by atoms with Gasteiger partial charge < -0.3 is 48.9 Å². The lowest BCUT2D eigenvalue weighted by Crippen LogP contribution is -2.59. The lowest BCUT2D eigenvalue weighted by molar-refractivity contribution is -0.142. The van der Waals surface area contributed by atoms with E-state index in [0.29, 0.717) is 38.8 Å². The second kappa shape index (κ2) is 23.1. The van der Waals surface area contributed by atoms with Crippen molar-refractivity contribution in [2.24, 2.45) is 23.1 Å². The highest BCUT2D eigenvalue weighted by molar-refractivity contribution is 14.1. The van der Waals surface area contributed by atoms with Crippen LogP contribution in [0, 0.1) is 9.49 Å². The van der Waals surface area contributed by atoms with E-state index < -0.39 is 71.8 Å². The van der Waals surface area contributed by atoms with Crippen molar-refractivity contribution in [2.75, 3.05) is 13.1 Å². The van der Waals surface area contributed by atoms with E-state index >= 15 is 0 Å². The zero-order chi connectivity index (χ0) is 37.9. The van der Waals surface area contributed by atoms with Gasteiger partial charge in [-0.25, -0.2) is 4.79 Å². The monoisotopic (exact) mass is 826 g/mol. The Balaban J connectivity index is 2.44. The van der Waals surface area contributed by atoms with Crippen molar-refractivity contribution in [1.29, 1.82) is 0 Å². The van der Waals surface area contributed by atoms with Crippen LogP contribution in [0.3, 0.4) is 0 Å². The van der Waals surface area contributed by atoms with Gasteiger partial charge >= 0.3 is 5.97 Å². The van der Waals surface area contributed by atoms with Crippen LogP contribution in [0.1, 0.15) is 77.2 Å². The fourth-order valence-corrected chi connectivity index (χ4v) is 6.11. The number of carboxylic acid groups (broad SMARTS) is 1. The number of carbonyl (C=O) groups excluding carboxylic acids is 5. The summed E-state index contributed by atoms with van der Waals surface area (Å²) in [6, 6.07) is 0.747. The molecule has 6 atom stereocenters. The molecule has 5 amide bonds. The molecule has 1 heterocycles. The van der Waals surface area contributed by atoms with Crippen molar-refractivity contribution in [3.63, 3.8) is 0 Å². The van der Waals surface area contributed by atoms with Crippen molar-refractivity contribution < 1.29 is 33.9 Å². The summed E-state index contributed by atoms with van der Waals surface area (Å²) in [5, 5.41) is 23.3. The minimum atomic E-state index is -1.20. The van der Waals surface area contributed by atoms with Crippen LogP contribution < -0.4 is 43.8 Å². The molecular weight excluding hydrogens is 771 g/mol. The van der Waals surface area contributed by atoms with E-state index in [1.165, 1.54) is 0 Å². The molecule has 1 aliphatic rings. The molecule has 0 spiro atoms. The molecule has 0 aromatic heterocycles. The highest BCUT2D eigenvalue weighted by atomic mass is 127. The molecular formula is C35H55IN8O7. The van der Waals surface area contributed by atoms with Gasteiger partial charge in [0.1, 0.15) is 30.2 Å². The van der Waals surface area contributed by atoms with Crippen LogP contribution in [-0.4, -0.2) is 90.0 Å². The van der Waals surface area contributed by atoms with Gasteiger partial charge in [0.25, 0.3) is 0 Å². The summed E-state index contributed by atoms with van der Waals surface area (Å²) >= 11 is 2.13. The molecule has 1 aromatic carbocycles. The Morgan fingerprint density at radius 3 is 2.02 bits per heavy atom. The van der Waals surface area contributed by atoms with Gasteiger partial charge in [-0.1, -0.05) is 38.1 Å². The molecule has 0 unspecified atom stereocenters. The number of carbonyl (C=O) groups is 6. The van der Waals surface area contributed by atoms with Gasteiger partial charge in [0.15, 0.2) is 0 Å².